The Hall–Kier alpha value is -0.540. The molecular formula is C17H19N3Na2O10S4. The SMILES string of the molecule is CN(C)S(=O)(=O)Nc1ccc(/C=C/c2ccc(NS(C)(=O)=O)cc2S(=O)(=O)[O-])c(S(=O)(=O)[O-])c1.[Na+].[Na+]. The molecule has 2 aromatic carbocycles. The fourth-order valence-electron chi connectivity index (χ4n) is 2.54. The van der Waals surface area contributed by atoms with E-state index in [0.29, 0.717) is 0 Å². The zero-order chi connectivity index (χ0) is 26.1. The maximum absolute atomic E-state index is 11.9. The molecule has 36 heavy (non-hydrogen) atoms. The van der Waals surface area contributed by atoms with E-state index in [2.05, 4.69) is 4.72 Å². The van der Waals surface area contributed by atoms with Crippen molar-refractivity contribution in [2.24, 2.45) is 0 Å². The Balaban J connectivity index is 0.00000612. The van der Waals surface area contributed by atoms with Crippen LogP contribution in [0.2, 0.25) is 0 Å². The molecular weight excluding hydrogens is 580 g/mol. The summed E-state index contributed by atoms with van der Waals surface area (Å²) in [5, 5.41) is 0. The second-order valence-corrected chi connectivity index (χ2v) is 13.3. The van der Waals surface area contributed by atoms with Gasteiger partial charge in [-0.1, -0.05) is 24.3 Å². The Morgan fingerprint density at radius 1 is 0.694 bits per heavy atom. The fourth-order valence-corrected chi connectivity index (χ4v) is 5.09. The van der Waals surface area contributed by atoms with E-state index in [1.54, 1.807) is 0 Å². The third-order valence-corrected chi connectivity index (χ3v) is 7.89. The van der Waals surface area contributed by atoms with Gasteiger partial charge >= 0.3 is 69.3 Å². The quantitative estimate of drug-likeness (QED) is 0.158. The Morgan fingerprint density at radius 2 is 1.06 bits per heavy atom. The minimum atomic E-state index is -5.11. The number of nitrogens with one attached hydrogen (secondary N) is 2. The van der Waals surface area contributed by atoms with Crippen molar-refractivity contribution < 1.29 is 102 Å². The zero-order valence-electron chi connectivity index (χ0n) is 19.8. The summed E-state index contributed by atoms with van der Waals surface area (Å²) in [5.41, 5.74) is -0.871. The summed E-state index contributed by atoms with van der Waals surface area (Å²) < 4.78 is 122. The average Bonchev–Trinajstić information content (AvgIpc) is 2.64. The largest absolute Gasteiger partial charge is 1.00 e. The van der Waals surface area contributed by atoms with Crippen molar-refractivity contribution in [3.8, 4) is 0 Å². The topological polar surface area (TPSA) is 210 Å². The van der Waals surface area contributed by atoms with Crippen LogP contribution in [0.1, 0.15) is 11.1 Å². The number of nitrogens with zero attached hydrogens (tertiary/aromatic N) is 1. The molecule has 0 atom stereocenters. The van der Waals surface area contributed by atoms with Gasteiger partial charge in [-0.15, -0.1) is 0 Å². The normalized spacial score (nSPS) is 12.6. The van der Waals surface area contributed by atoms with Crippen molar-refractivity contribution in [2.75, 3.05) is 29.8 Å². The van der Waals surface area contributed by atoms with Crippen molar-refractivity contribution in [2.45, 2.75) is 9.79 Å². The van der Waals surface area contributed by atoms with Crippen LogP contribution in [-0.4, -0.2) is 67.4 Å². The summed E-state index contributed by atoms with van der Waals surface area (Å²) in [5.74, 6) is 0. The first-order valence-corrected chi connectivity index (χ1v) is 15.0. The first-order chi connectivity index (χ1) is 15.3. The molecule has 0 unspecified atom stereocenters. The van der Waals surface area contributed by atoms with E-state index in [-0.39, 0.29) is 81.6 Å². The van der Waals surface area contributed by atoms with E-state index >= 15 is 0 Å². The molecule has 0 spiro atoms. The molecule has 0 aliphatic carbocycles. The second kappa shape index (κ2) is 13.0. The number of anilines is 2. The van der Waals surface area contributed by atoms with Crippen LogP contribution < -0.4 is 68.6 Å². The molecule has 0 heterocycles. The summed E-state index contributed by atoms with van der Waals surface area (Å²) in [7, 11) is -15.5. The zero-order valence-corrected chi connectivity index (χ0v) is 27.0. The molecule has 0 saturated carbocycles. The summed E-state index contributed by atoms with van der Waals surface area (Å²) in [6.45, 7) is 0. The van der Waals surface area contributed by atoms with Gasteiger partial charge in [0, 0.05) is 19.8 Å². The third kappa shape index (κ3) is 10.3. The molecule has 0 saturated heterocycles. The summed E-state index contributed by atoms with van der Waals surface area (Å²) in [6, 6.07) is 6.10. The van der Waals surface area contributed by atoms with Gasteiger partial charge in [-0.25, -0.2) is 25.3 Å². The van der Waals surface area contributed by atoms with Crippen molar-refractivity contribution in [1.29, 1.82) is 0 Å². The molecule has 0 bridgehead atoms. The van der Waals surface area contributed by atoms with Gasteiger partial charge in [0.1, 0.15) is 20.2 Å². The molecule has 2 aromatic rings. The standard InChI is InChI=1S/C17H21N3O10S4.2Na/c1-20(2)34(29,30)19-15-9-7-13(17(11-15)33(26,27)28)5-4-12-6-8-14(18-31(3,21)22)10-16(12)32(23,24)25;;/h4-11,18-19H,1-3H3,(H,23,24,25)(H,26,27,28);;/q;2*+1/p-2/b5-4+;;. The summed E-state index contributed by atoms with van der Waals surface area (Å²) in [4.78, 5) is -1.62. The number of rotatable bonds is 9. The summed E-state index contributed by atoms with van der Waals surface area (Å²) in [6.07, 6.45) is 2.88. The fraction of sp³-hybridized carbons (Fsp3) is 0.176. The molecule has 19 heteroatoms. The van der Waals surface area contributed by atoms with Crippen molar-refractivity contribution in [1.82, 2.24) is 4.31 Å². The van der Waals surface area contributed by atoms with Crippen LogP contribution in [0.15, 0.2) is 46.2 Å². The third-order valence-electron chi connectivity index (χ3n) is 4.04. The van der Waals surface area contributed by atoms with Gasteiger partial charge in [0.25, 0.3) is 0 Å². The molecule has 0 fully saturated rings. The van der Waals surface area contributed by atoms with Crippen LogP contribution >= 0.6 is 0 Å². The monoisotopic (exact) mass is 599 g/mol. The van der Waals surface area contributed by atoms with E-state index in [4.69, 9.17) is 0 Å². The minimum absolute atomic E-state index is 0. The number of hydrogen-bond donors (Lipinski definition) is 2. The predicted octanol–water partition coefficient (Wildman–Crippen LogP) is -5.74. The van der Waals surface area contributed by atoms with Gasteiger partial charge in [-0.3, -0.25) is 9.44 Å². The van der Waals surface area contributed by atoms with Crippen LogP contribution in [0.4, 0.5) is 11.4 Å². The molecule has 2 rings (SSSR count). The van der Waals surface area contributed by atoms with Crippen molar-refractivity contribution >= 4 is 64.0 Å². The van der Waals surface area contributed by atoms with E-state index in [1.807, 2.05) is 4.72 Å². The Morgan fingerprint density at radius 3 is 1.36 bits per heavy atom. The van der Waals surface area contributed by atoms with Crippen molar-refractivity contribution in [3.05, 3.63) is 47.5 Å². The Kier molecular flexibility index (Phi) is 12.8. The maximum atomic E-state index is 11.9. The van der Waals surface area contributed by atoms with Gasteiger partial charge in [0.2, 0.25) is 10.0 Å². The maximum Gasteiger partial charge on any atom is 1.00 e. The Bertz CT molecular complexity index is 1570. The van der Waals surface area contributed by atoms with E-state index in [1.165, 1.54) is 26.2 Å². The average molecular weight is 600 g/mol. The number of benzene rings is 2. The molecule has 0 radical (unpaired) electrons. The van der Waals surface area contributed by atoms with Gasteiger partial charge in [-0.05, 0) is 35.4 Å². The molecule has 188 valence electrons. The predicted molar refractivity (Wildman–Crippen MR) is 122 cm³/mol. The van der Waals surface area contributed by atoms with Crippen LogP contribution in [0.3, 0.4) is 0 Å². The summed E-state index contributed by atoms with van der Waals surface area (Å²) >= 11 is 0. The van der Waals surface area contributed by atoms with Crippen LogP contribution in [0, 0.1) is 0 Å². The van der Waals surface area contributed by atoms with Gasteiger partial charge < -0.3 is 9.11 Å². The van der Waals surface area contributed by atoms with E-state index < -0.39 is 50.3 Å². The van der Waals surface area contributed by atoms with E-state index in [9.17, 15) is 42.8 Å². The van der Waals surface area contributed by atoms with Gasteiger partial charge in [0.05, 0.1) is 21.7 Å². The van der Waals surface area contributed by atoms with Crippen molar-refractivity contribution in [3.63, 3.8) is 0 Å². The van der Waals surface area contributed by atoms with Crippen LogP contribution in [-0.2, 0) is 40.5 Å². The number of sulfonamides is 1. The van der Waals surface area contributed by atoms with Gasteiger partial charge in [-0.2, -0.15) is 12.7 Å². The van der Waals surface area contributed by atoms with Gasteiger partial charge in [0.15, 0.2) is 0 Å². The second-order valence-electron chi connectivity index (χ2n) is 7.01. The van der Waals surface area contributed by atoms with E-state index in [0.717, 1.165) is 47.0 Å². The number of hydrogen-bond acceptors (Lipinski definition) is 10. The molecule has 0 aliphatic heterocycles. The Labute approximate surface area is 254 Å². The molecule has 0 aromatic heterocycles. The van der Waals surface area contributed by atoms with Crippen LogP contribution in [0.25, 0.3) is 12.2 Å². The molecule has 0 aliphatic rings. The molecule has 0 amide bonds. The smallest absolute Gasteiger partial charge is 0.744 e. The molecule has 13 nitrogen and oxygen atoms in total. The first-order valence-electron chi connectivity index (χ1n) is 8.86. The first kappa shape index (κ1) is 35.5. The minimum Gasteiger partial charge on any atom is -0.744 e. The van der Waals surface area contributed by atoms with Crippen LogP contribution in [0.5, 0.6) is 0 Å². The molecule has 2 N–H and O–H groups in total.